The minimum absolute atomic E-state index is 0. The van der Waals surface area contributed by atoms with Gasteiger partial charge in [0.1, 0.15) is 16.7 Å². The maximum atomic E-state index is 6.23. The molecule has 0 atom stereocenters. The topological polar surface area (TPSA) is 57.4 Å². The van der Waals surface area contributed by atoms with Gasteiger partial charge >= 0.3 is 0 Å². The predicted octanol–water partition coefficient (Wildman–Crippen LogP) is 4.37. The van der Waals surface area contributed by atoms with Gasteiger partial charge in [0.25, 0.3) is 0 Å². The van der Waals surface area contributed by atoms with Gasteiger partial charge in [0.05, 0.1) is 19.9 Å². The highest BCUT2D eigenvalue weighted by molar-refractivity contribution is 6.32. The van der Waals surface area contributed by atoms with Crippen LogP contribution in [0.25, 0.3) is 11.1 Å². The summed E-state index contributed by atoms with van der Waals surface area (Å²) in [5.41, 5.74) is 7.72. The first-order valence-electron chi connectivity index (χ1n) is 7.29. The Morgan fingerprint density at radius 1 is 1.21 bits per heavy atom. The zero-order valence-corrected chi connectivity index (χ0v) is 15.7. The largest absolute Gasteiger partial charge is 0.497 e. The minimum atomic E-state index is 0. The van der Waals surface area contributed by atoms with Gasteiger partial charge in [0, 0.05) is 17.5 Å². The van der Waals surface area contributed by atoms with Crippen LogP contribution in [0.5, 0.6) is 11.5 Å². The van der Waals surface area contributed by atoms with Crippen molar-refractivity contribution >= 4 is 36.4 Å². The molecule has 1 heterocycles. The van der Waals surface area contributed by atoms with Crippen LogP contribution in [0.3, 0.4) is 0 Å². The third-order valence-corrected chi connectivity index (χ3v) is 4.43. The third kappa shape index (κ3) is 4.67. The van der Waals surface area contributed by atoms with Gasteiger partial charge in [0.15, 0.2) is 0 Å². The Labute approximate surface area is 159 Å². The van der Waals surface area contributed by atoms with Gasteiger partial charge in [-0.2, -0.15) is 0 Å². The molecule has 0 spiro atoms. The number of pyridine rings is 1. The average Bonchev–Trinajstić information content (AvgIpc) is 3.35. The summed E-state index contributed by atoms with van der Waals surface area (Å²) in [6.45, 7) is 1.29. The molecule has 0 radical (unpaired) electrons. The monoisotopic (exact) mass is 390 g/mol. The molecule has 2 N–H and O–H groups in total. The Kier molecular flexibility index (Phi) is 7.61. The maximum absolute atomic E-state index is 6.23. The summed E-state index contributed by atoms with van der Waals surface area (Å²) in [6, 6.07) is 9.62. The van der Waals surface area contributed by atoms with Gasteiger partial charge < -0.3 is 15.2 Å². The number of halogens is 3. The van der Waals surface area contributed by atoms with Crippen molar-refractivity contribution in [2.45, 2.75) is 12.8 Å². The minimum Gasteiger partial charge on any atom is -0.497 e. The number of hydrogen-bond acceptors (Lipinski definition) is 4. The number of rotatable bonds is 6. The van der Waals surface area contributed by atoms with Crippen LogP contribution < -0.4 is 15.2 Å². The summed E-state index contributed by atoms with van der Waals surface area (Å²) in [7, 11) is 1.64. The second-order valence-corrected chi connectivity index (χ2v) is 6.09. The van der Waals surface area contributed by atoms with Crippen LogP contribution >= 0.6 is 36.4 Å². The Bertz CT molecular complexity index is 679. The molecule has 3 rings (SSSR count). The predicted molar refractivity (Wildman–Crippen MR) is 102 cm³/mol. The lowest BCUT2D eigenvalue weighted by Gasteiger charge is -2.14. The van der Waals surface area contributed by atoms with Crippen LogP contribution in [0, 0.1) is 5.41 Å². The Morgan fingerprint density at radius 3 is 2.58 bits per heavy atom. The van der Waals surface area contributed by atoms with Gasteiger partial charge in [0.2, 0.25) is 0 Å². The van der Waals surface area contributed by atoms with Crippen LogP contribution in [0.15, 0.2) is 36.5 Å². The van der Waals surface area contributed by atoms with Crippen molar-refractivity contribution in [2.24, 2.45) is 11.1 Å². The van der Waals surface area contributed by atoms with Crippen molar-refractivity contribution in [3.8, 4) is 22.6 Å². The lowest BCUT2D eigenvalue weighted by atomic mass is 10.1. The van der Waals surface area contributed by atoms with Crippen LogP contribution in [0.2, 0.25) is 5.15 Å². The summed E-state index contributed by atoms with van der Waals surface area (Å²) in [4.78, 5) is 4.23. The molecule has 1 fully saturated rings. The fraction of sp³-hybridized carbons (Fsp3) is 0.353. The molecule has 1 saturated carbocycles. The molecular formula is C17H21Cl3N2O2. The van der Waals surface area contributed by atoms with E-state index in [-0.39, 0.29) is 30.2 Å². The van der Waals surface area contributed by atoms with Crippen LogP contribution in [0.1, 0.15) is 12.8 Å². The van der Waals surface area contributed by atoms with E-state index in [0.717, 1.165) is 29.7 Å². The molecule has 7 heteroatoms. The first kappa shape index (κ1) is 20.8. The van der Waals surface area contributed by atoms with Gasteiger partial charge in [-0.15, -0.1) is 24.8 Å². The molecular weight excluding hydrogens is 371 g/mol. The molecule has 0 aliphatic heterocycles. The second-order valence-electron chi connectivity index (χ2n) is 5.73. The zero-order chi connectivity index (χ0) is 15.6. The number of hydrogen-bond donors (Lipinski definition) is 1. The number of ether oxygens (including phenoxy) is 2. The van der Waals surface area contributed by atoms with Crippen LogP contribution in [0.4, 0.5) is 0 Å². The molecule has 4 nitrogen and oxygen atoms in total. The van der Waals surface area contributed by atoms with Crippen LogP contribution in [-0.4, -0.2) is 25.2 Å². The number of benzene rings is 1. The van der Waals surface area contributed by atoms with Crippen molar-refractivity contribution < 1.29 is 9.47 Å². The highest BCUT2D eigenvalue weighted by Crippen LogP contribution is 2.44. The van der Waals surface area contributed by atoms with Crippen LogP contribution in [-0.2, 0) is 0 Å². The Balaban J connectivity index is 0.00000144. The molecule has 0 bridgehead atoms. The van der Waals surface area contributed by atoms with E-state index in [1.807, 2.05) is 30.3 Å². The molecule has 0 amide bonds. The van der Waals surface area contributed by atoms with E-state index in [1.54, 1.807) is 13.3 Å². The lowest BCUT2D eigenvalue weighted by molar-refractivity contribution is 0.238. The molecule has 0 saturated heterocycles. The highest BCUT2D eigenvalue weighted by atomic mass is 35.5. The van der Waals surface area contributed by atoms with E-state index >= 15 is 0 Å². The van der Waals surface area contributed by atoms with Gasteiger partial charge in [-0.25, -0.2) is 4.98 Å². The molecule has 132 valence electrons. The summed E-state index contributed by atoms with van der Waals surface area (Å²) in [5, 5.41) is 0.445. The van der Waals surface area contributed by atoms with Crippen molar-refractivity contribution in [2.75, 3.05) is 20.3 Å². The van der Waals surface area contributed by atoms with Crippen molar-refractivity contribution in [3.63, 3.8) is 0 Å². The maximum Gasteiger partial charge on any atom is 0.138 e. The third-order valence-electron chi connectivity index (χ3n) is 4.13. The summed E-state index contributed by atoms with van der Waals surface area (Å²) < 4.78 is 11.1. The van der Waals surface area contributed by atoms with E-state index < -0.39 is 0 Å². The van der Waals surface area contributed by atoms with Crippen molar-refractivity contribution in [3.05, 3.63) is 41.7 Å². The lowest BCUT2D eigenvalue weighted by Crippen LogP contribution is -2.22. The SMILES string of the molecule is COc1cccc(-c2cc(OCC3(CN)CC3)cnc2Cl)c1.Cl.Cl. The Hall–Kier alpha value is -1.20. The van der Waals surface area contributed by atoms with Crippen molar-refractivity contribution in [1.29, 1.82) is 0 Å². The van der Waals surface area contributed by atoms with E-state index in [9.17, 15) is 0 Å². The molecule has 2 aromatic rings. The summed E-state index contributed by atoms with van der Waals surface area (Å²) in [5.74, 6) is 1.49. The number of nitrogens with zero attached hydrogens (tertiary/aromatic N) is 1. The molecule has 1 aromatic heterocycles. The average molecular weight is 392 g/mol. The normalized spacial score (nSPS) is 14.1. The number of nitrogens with two attached hydrogens (primary N) is 1. The fourth-order valence-corrected chi connectivity index (χ4v) is 2.53. The quantitative estimate of drug-likeness (QED) is 0.743. The van der Waals surface area contributed by atoms with Crippen molar-refractivity contribution in [1.82, 2.24) is 4.98 Å². The molecule has 1 aliphatic rings. The van der Waals surface area contributed by atoms with Gasteiger partial charge in [-0.3, -0.25) is 0 Å². The molecule has 1 aliphatic carbocycles. The van der Waals surface area contributed by atoms with E-state index in [1.165, 1.54) is 0 Å². The second kappa shape index (κ2) is 8.77. The molecule has 0 unspecified atom stereocenters. The van der Waals surface area contributed by atoms with Gasteiger partial charge in [-0.05, 0) is 36.6 Å². The first-order chi connectivity index (χ1) is 10.7. The highest BCUT2D eigenvalue weighted by Gasteiger charge is 2.42. The number of aromatic nitrogens is 1. The van der Waals surface area contributed by atoms with E-state index in [4.69, 9.17) is 26.8 Å². The first-order valence-corrected chi connectivity index (χ1v) is 7.66. The molecule has 24 heavy (non-hydrogen) atoms. The van der Waals surface area contributed by atoms with Gasteiger partial charge in [-0.1, -0.05) is 23.7 Å². The van der Waals surface area contributed by atoms with E-state index in [0.29, 0.717) is 24.1 Å². The summed E-state index contributed by atoms with van der Waals surface area (Å²) >= 11 is 6.23. The molecule has 1 aromatic carbocycles. The van der Waals surface area contributed by atoms with E-state index in [2.05, 4.69) is 4.98 Å². The smallest absolute Gasteiger partial charge is 0.138 e. The fourth-order valence-electron chi connectivity index (χ4n) is 2.32. The zero-order valence-electron chi connectivity index (χ0n) is 13.3. The Morgan fingerprint density at radius 2 is 1.96 bits per heavy atom. The number of methoxy groups -OCH3 is 1. The standard InChI is InChI=1S/C17H19ClN2O2.2ClH/c1-21-13-4-2-3-12(7-13)15-8-14(9-20-16(15)18)22-11-17(10-19)5-6-17;;/h2-4,7-9H,5-6,10-11,19H2,1H3;2*1H. The summed E-state index contributed by atoms with van der Waals surface area (Å²) in [6.07, 6.45) is 3.92.